The average molecular weight is 317 g/mol. The van der Waals surface area contributed by atoms with Crippen LogP contribution in [0.2, 0.25) is 0 Å². The maximum atomic E-state index is 13.6. The number of hydrogen-bond acceptors (Lipinski definition) is 5. The lowest BCUT2D eigenvalue weighted by Crippen LogP contribution is -2.46. The van der Waals surface area contributed by atoms with Gasteiger partial charge in [0, 0.05) is 19.1 Å². The number of likely N-dealkylation sites (N-methyl/N-ethyl adjacent to an activating group) is 1. The Hall–Kier alpha value is -1.58. The Kier molecular flexibility index (Phi) is 4.55. The summed E-state index contributed by atoms with van der Waals surface area (Å²) < 4.78 is 39.9. The van der Waals surface area contributed by atoms with Gasteiger partial charge < -0.3 is 5.32 Å². The first-order chi connectivity index (χ1) is 9.87. The third-order valence-corrected chi connectivity index (χ3v) is 5.44. The van der Waals surface area contributed by atoms with Gasteiger partial charge in [0.15, 0.2) is 4.90 Å². The first-order valence-electron chi connectivity index (χ1n) is 6.48. The number of benzene rings is 1. The van der Waals surface area contributed by atoms with Crippen LogP contribution in [-0.2, 0) is 10.0 Å². The molecule has 1 aromatic rings. The topological polar surface area (TPSA) is 92.6 Å². The van der Waals surface area contributed by atoms with E-state index in [1.807, 2.05) is 0 Å². The van der Waals surface area contributed by atoms with Crippen LogP contribution in [0.5, 0.6) is 0 Å². The molecule has 1 fully saturated rings. The van der Waals surface area contributed by atoms with E-state index in [2.05, 4.69) is 5.32 Å². The highest BCUT2D eigenvalue weighted by Gasteiger charge is 2.36. The Labute approximate surface area is 122 Å². The molecule has 1 N–H and O–H groups in total. The van der Waals surface area contributed by atoms with E-state index in [1.54, 1.807) is 7.05 Å². The predicted octanol–water partition coefficient (Wildman–Crippen LogP) is 1.11. The zero-order valence-electron chi connectivity index (χ0n) is 11.5. The molecule has 1 aliphatic rings. The quantitative estimate of drug-likeness (QED) is 0.663. The summed E-state index contributed by atoms with van der Waals surface area (Å²) in [5, 5.41) is 14.0. The zero-order chi connectivity index (χ0) is 15.6. The molecule has 1 saturated heterocycles. The number of halogens is 1. The van der Waals surface area contributed by atoms with Crippen LogP contribution < -0.4 is 5.32 Å². The first-order valence-corrected chi connectivity index (χ1v) is 7.92. The summed E-state index contributed by atoms with van der Waals surface area (Å²) in [6.45, 7) is 0.487. The molecule has 0 aliphatic carbocycles. The van der Waals surface area contributed by atoms with E-state index in [4.69, 9.17) is 0 Å². The molecule has 1 heterocycles. The fraction of sp³-hybridized carbons (Fsp3) is 0.500. The minimum Gasteiger partial charge on any atom is -0.316 e. The molecule has 0 bridgehead atoms. The lowest BCUT2D eigenvalue weighted by Gasteiger charge is -2.31. The molecule has 1 unspecified atom stereocenters. The number of nitrogens with one attached hydrogen (secondary N) is 1. The fourth-order valence-corrected chi connectivity index (χ4v) is 4.11. The maximum absolute atomic E-state index is 13.6. The summed E-state index contributed by atoms with van der Waals surface area (Å²) in [6, 6.07) is 3.10. The van der Waals surface area contributed by atoms with Gasteiger partial charge in [-0.05, 0) is 32.0 Å². The van der Waals surface area contributed by atoms with Gasteiger partial charge >= 0.3 is 5.69 Å². The Morgan fingerprint density at radius 2 is 2.19 bits per heavy atom. The second kappa shape index (κ2) is 6.04. The fourth-order valence-electron chi connectivity index (χ4n) is 2.42. The molecule has 9 heteroatoms. The van der Waals surface area contributed by atoms with Crippen LogP contribution in [0.15, 0.2) is 23.1 Å². The minimum atomic E-state index is -4.09. The number of para-hydroxylation sites is 1. The third kappa shape index (κ3) is 3.04. The highest BCUT2D eigenvalue weighted by molar-refractivity contribution is 7.89. The summed E-state index contributed by atoms with van der Waals surface area (Å²) in [7, 11) is -2.36. The first kappa shape index (κ1) is 15.8. The van der Waals surface area contributed by atoms with E-state index >= 15 is 0 Å². The van der Waals surface area contributed by atoms with Crippen molar-refractivity contribution in [2.24, 2.45) is 0 Å². The van der Waals surface area contributed by atoms with Crippen LogP contribution in [-0.4, -0.2) is 43.8 Å². The molecule has 0 saturated carbocycles. The highest BCUT2D eigenvalue weighted by Crippen LogP contribution is 2.30. The number of piperidine rings is 1. The SMILES string of the molecule is CNC1CCCN(S(=O)(=O)c2cccc(F)c2[N+](=O)[O-])C1. The largest absolute Gasteiger partial charge is 0.324 e. The lowest BCUT2D eigenvalue weighted by molar-refractivity contribution is -0.390. The van der Waals surface area contributed by atoms with Gasteiger partial charge in [-0.2, -0.15) is 8.70 Å². The minimum absolute atomic E-state index is 0.0128. The van der Waals surface area contributed by atoms with Crippen LogP contribution in [0.4, 0.5) is 10.1 Å². The Morgan fingerprint density at radius 3 is 2.81 bits per heavy atom. The van der Waals surface area contributed by atoms with Gasteiger partial charge in [-0.25, -0.2) is 8.42 Å². The second-order valence-corrected chi connectivity index (χ2v) is 6.74. The average Bonchev–Trinajstić information content (AvgIpc) is 2.46. The summed E-state index contributed by atoms with van der Waals surface area (Å²) in [6.07, 6.45) is 1.47. The van der Waals surface area contributed by atoms with Crippen LogP contribution in [0.1, 0.15) is 12.8 Å². The molecule has 1 atom stereocenters. The van der Waals surface area contributed by atoms with E-state index in [-0.39, 0.29) is 19.1 Å². The Balaban J connectivity index is 2.45. The number of nitro benzene ring substituents is 1. The number of nitro groups is 1. The third-order valence-electron chi connectivity index (χ3n) is 3.54. The highest BCUT2D eigenvalue weighted by atomic mass is 32.2. The van der Waals surface area contributed by atoms with E-state index < -0.39 is 31.3 Å². The molecule has 0 amide bonds. The smallest absolute Gasteiger partial charge is 0.316 e. The van der Waals surface area contributed by atoms with Crippen LogP contribution in [0.25, 0.3) is 0 Å². The number of hydrogen-bond donors (Lipinski definition) is 1. The molecule has 0 radical (unpaired) electrons. The number of nitrogens with zero attached hydrogens (tertiary/aromatic N) is 2. The van der Waals surface area contributed by atoms with Gasteiger partial charge in [-0.3, -0.25) is 10.1 Å². The molecule has 1 aromatic carbocycles. The van der Waals surface area contributed by atoms with Crippen molar-refractivity contribution in [3.8, 4) is 0 Å². The maximum Gasteiger partial charge on any atom is 0.324 e. The van der Waals surface area contributed by atoms with Gasteiger partial charge in [0.1, 0.15) is 0 Å². The molecule has 1 aliphatic heterocycles. The summed E-state index contributed by atoms with van der Waals surface area (Å²) >= 11 is 0. The number of rotatable bonds is 4. The van der Waals surface area contributed by atoms with Crippen LogP contribution in [0, 0.1) is 15.9 Å². The predicted molar refractivity (Wildman–Crippen MR) is 73.9 cm³/mol. The van der Waals surface area contributed by atoms with Crippen molar-refractivity contribution in [3.63, 3.8) is 0 Å². The lowest BCUT2D eigenvalue weighted by atomic mass is 10.1. The molecular weight excluding hydrogens is 301 g/mol. The van der Waals surface area contributed by atoms with Gasteiger partial charge in [-0.15, -0.1) is 0 Å². The van der Waals surface area contributed by atoms with Crippen molar-refractivity contribution in [1.82, 2.24) is 9.62 Å². The standard InChI is InChI=1S/C12H16FN3O4S/c1-14-9-4-3-7-15(8-9)21(19,20)11-6-2-5-10(13)12(11)16(17)18/h2,5-6,9,14H,3-4,7-8H2,1H3. The van der Waals surface area contributed by atoms with Crippen molar-refractivity contribution >= 4 is 15.7 Å². The Bertz CT molecular complexity index is 650. The van der Waals surface area contributed by atoms with Crippen molar-refractivity contribution in [2.75, 3.05) is 20.1 Å². The molecule has 116 valence electrons. The van der Waals surface area contributed by atoms with Crippen molar-refractivity contribution in [1.29, 1.82) is 0 Å². The molecular formula is C12H16FN3O4S. The Morgan fingerprint density at radius 1 is 1.48 bits per heavy atom. The van der Waals surface area contributed by atoms with Gasteiger partial charge in [0.2, 0.25) is 15.8 Å². The zero-order valence-corrected chi connectivity index (χ0v) is 12.3. The normalized spacial score (nSPS) is 20.4. The summed E-state index contributed by atoms with van der Waals surface area (Å²) in [5.74, 6) is -1.15. The number of sulfonamides is 1. The van der Waals surface area contributed by atoms with E-state index in [0.29, 0.717) is 6.42 Å². The molecule has 0 aromatic heterocycles. The van der Waals surface area contributed by atoms with Gasteiger partial charge in [0.05, 0.1) is 4.92 Å². The van der Waals surface area contributed by atoms with Gasteiger partial charge in [-0.1, -0.05) is 6.07 Å². The van der Waals surface area contributed by atoms with Crippen LogP contribution >= 0.6 is 0 Å². The van der Waals surface area contributed by atoms with E-state index in [0.717, 1.165) is 24.6 Å². The summed E-state index contributed by atoms with van der Waals surface area (Å²) in [5.41, 5.74) is -0.996. The molecule has 21 heavy (non-hydrogen) atoms. The van der Waals surface area contributed by atoms with Gasteiger partial charge in [0.25, 0.3) is 0 Å². The van der Waals surface area contributed by atoms with Crippen molar-refractivity contribution < 1.29 is 17.7 Å². The van der Waals surface area contributed by atoms with E-state index in [9.17, 15) is 22.9 Å². The summed E-state index contributed by atoms with van der Waals surface area (Å²) in [4.78, 5) is 9.37. The molecule has 0 spiro atoms. The van der Waals surface area contributed by atoms with Crippen molar-refractivity contribution in [3.05, 3.63) is 34.1 Å². The van der Waals surface area contributed by atoms with Crippen molar-refractivity contribution in [2.45, 2.75) is 23.8 Å². The van der Waals surface area contributed by atoms with Crippen LogP contribution in [0.3, 0.4) is 0 Å². The van der Waals surface area contributed by atoms with E-state index in [1.165, 1.54) is 4.31 Å². The molecule has 2 rings (SSSR count). The second-order valence-electron chi connectivity index (χ2n) is 4.83. The monoisotopic (exact) mass is 317 g/mol. The molecule has 7 nitrogen and oxygen atoms in total.